The van der Waals surface area contributed by atoms with E-state index in [9.17, 15) is 0 Å². The van der Waals surface area contributed by atoms with E-state index < -0.39 is 0 Å². The number of fused-ring (bicyclic) bond motifs is 1. The second-order valence-electron chi connectivity index (χ2n) is 4.43. The van der Waals surface area contributed by atoms with E-state index in [-0.39, 0.29) is 0 Å². The van der Waals surface area contributed by atoms with Crippen LogP contribution in [0.3, 0.4) is 0 Å². The highest BCUT2D eigenvalue weighted by Crippen LogP contribution is 2.25. The summed E-state index contributed by atoms with van der Waals surface area (Å²) in [4.78, 5) is 7.89. The molecular formula is C14H14N2OS. The molecule has 92 valence electrons. The molecule has 1 aliphatic rings. The Kier molecular flexibility index (Phi) is 2.88. The molecule has 0 bridgehead atoms. The molecule has 0 radical (unpaired) electrons. The highest BCUT2D eigenvalue weighted by atomic mass is 32.1. The summed E-state index contributed by atoms with van der Waals surface area (Å²) in [5.74, 6) is 1.70. The summed E-state index contributed by atoms with van der Waals surface area (Å²) in [6.07, 6.45) is 3.30. The average Bonchev–Trinajstić information content (AvgIpc) is 2.88. The van der Waals surface area contributed by atoms with Gasteiger partial charge < -0.3 is 9.72 Å². The molecule has 0 aliphatic heterocycles. The van der Waals surface area contributed by atoms with E-state index in [2.05, 4.69) is 9.97 Å². The van der Waals surface area contributed by atoms with Gasteiger partial charge in [-0.2, -0.15) is 0 Å². The van der Waals surface area contributed by atoms with Crippen LogP contribution in [0.15, 0.2) is 24.3 Å². The van der Waals surface area contributed by atoms with Crippen LogP contribution in [0, 0.1) is 4.64 Å². The first kappa shape index (κ1) is 11.4. The minimum Gasteiger partial charge on any atom is -0.497 e. The summed E-state index contributed by atoms with van der Waals surface area (Å²) in [5.41, 5.74) is 3.51. The molecule has 2 aromatic rings. The van der Waals surface area contributed by atoms with Crippen LogP contribution in [0.25, 0.3) is 11.4 Å². The van der Waals surface area contributed by atoms with Gasteiger partial charge in [-0.15, -0.1) is 0 Å². The van der Waals surface area contributed by atoms with Gasteiger partial charge in [0.25, 0.3) is 0 Å². The van der Waals surface area contributed by atoms with E-state index in [1.807, 2.05) is 24.3 Å². The lowest BCUT2D eigenvalue weighted by Crippen LogP contribution is -1.97. The van der Waals surface area contributed by atoms with E-state index in [4.69, 9.17) is 17.0 Å². The number of nitrogens with one attached hydrogen (secondary N) is 1. The Balaban J connectivity index is 2.06. The Morgan fingerprint density at radius 3 is 2.72 bits per heavy atom. The Bertz CT molecular complexity index is 631. The SMILES string of the molecule is COc1ccc(-c2nc(=S)c3c([nH]2)CCC3)cc1. The number of methoxy groups -OCH3 is 1. The Morgan fingerprint density at radius 2 is 2.00 bits per heavy atom. The summed E-state index contributed by atoms with van der Waals surface area (Å²) >= 11 is 5.36. The van der Waals surface area contributed by atoms with Crippen molar-refractivity contribution in [3.63, 3.8) is 0 Å². The molecule has 4 heteroatoms. The van der Waals surface area contributed by atoms with Gasteiger partial charge in [-0.25, -0.2) is 4.98 Å². The van der Waals surface area contributed by atoms with Gasteiger partial charge in [0.1, 0.15) is 16.2 Å². The molecule has 0 unspecified atom stereocenters. The van der Waals surface area contributed by atoms with Crippen molar-refractivity contribution in [1.82, 2.24) is 9.97 Å². The summed E-state index contributed by atoms with van der Waals surface area (Å²) in [6.45, 7) is 0. The van der Waals surface area contributed by atoms with Gasteiger partial charge in [0.2, 0.25) is 0 Å². The zero-order chi connectivity index (χ0) is 12.5. The molecule has 3 rings (SSSR count). The number of rotatable bonds is 2. The maximum Gasteiger partial charge on any atom is 0.139 e. The van der Waals surface area contributed by atoms with Crippen molar-refractivity contribution in [2.75, 3.05) is 7.11 Å². The number of nitrogens with zero attached hydrogens (tertiary/aromatic N) is 1. The standard InChI is InChI=1S/C14H14N2OS/c1-17-10-7-5-9(6-8-10)13-15-12-4-2-3-11(12)14(18)16-13/h5-8H,2-4H2,1H3,(H,15,16,18). The molecule has 1 aromatic carbocycles. The molecule has 18 heavy (non-hydrogen) atoms. The van der Waals surface area contributed by atoms with Gasteiger partial charge in [-0.3, -0.25) is 0 Å². The lowest BCUT2D eigenvalue weighted by Gasteiger charge is -2.06. The van der Waals surface area contributed by atoms with Crippen LogP contribution in [0.2, 0.25) is 0 Å². The van der Waals surface area contributed by atoms with Crippen molar-refractivity contribution in [1.29, 1.82) is 0 Å². The van der Waals surface area contributed by atoms with Gasteiger partial charge in [0.15, 0.2) is 0 Å². The van der Waals surface area contributed by atoms with Crippen LogP contribution in [0.4, 0.5) is 0 Å². The topological polar surface area (TPSA) is 37.9 Å². The first-order valence-corrected chi connectivity index (χ1v) is 6.45. The predicted octanol–water partition coefficient (Wildman–Crippen LogP) is 3.30. The fraction of sp³-hybridized carbons (Fsp3) is 0.286. The molecule has 1 N–H and O–H groups in total. The molecule has 0 amide bonds. The second kappa shape index (κ2) is 4.53. The number of benzene rings is 1. The quantitative estimate of drug-likeness (QED) is 0.840. The second-order valence-corrected chi connectivity index (χ2v) is 4.82. The van der Waals surface area contributed by atoms with Crippen molar-refractivity contribution in [3.05, 3.63) is 40.2 Å². The lowest BCUT2D eigenvalue weighted by molar-refractivity contribution is 0.415. The van der Waals surface area contributed by atoms with Crippen LogP contribution in [0.1, 0.15) is 17.7 Å². The van der Waals surface area contributed by atoms with Crippen LogP contribution < -0.4 is 4.74 Å². The van der Waals surface area contributed by atoms with E-state index in [1.165, 1.54) is 17.7 Å². The molecule has 1 heterocycles. The fourth-order valence-corrected chi connectivity index (χ4v) is 2.66. The van der Waals surface area contributed by atoms with Crippen molar-refractivity contribution < 1.29 is 4.74 Å². The van der Waals surface area contributed by atoms with Gasteiger partial charge >= 0.3 is 0 Å². The number of aromatic amines is 1. The smallest absolute Gasteiger partial charge is 0.139 e. The zero-order valence-corrected chi connectivity index (χ0v) is 11.0. The van der Waals surface area contributed by atoms with Crippen LogP contribution in [-0.2, 0) is 12.8 Å². The molecule has 0 spiro atoms. The minimum absolute atomic E-state index is 0.743. The van der Waals surface area contributed by atoms with Crippen molar-refractivity contribution in [3.8, 4) is 17.1 Å². The first-order valence-electron chi connectivity index (χ1n) is 6.04. The Hall–Kier alpha value is -1.68. The molecule has 0 saturated heterocycles. The third-order valence-corrected chi connectivity index (χ3v) is 3.66. The van der Waals surface area contributed by atoms with Crippen molar-refractivity contribution >= 4 is 12.2 Å². The number of ether oxygens (including phenoxy) is 1. The number of hydrogen-bond donors (Lipinski definition) is 1. The summed E-state index contributed by atoms with van der Waals surface area (Å²) in [5, 5.41) is 0. The molecule has 3 nitrogen and oxygen atoms in total. The third-order valence-electron chi connectivity index (χ3n) is 3.32. The van der Waals surface area contributed by atoms with E-state index in [0.29, 0.717) is 0 Å². The maximum absolute atomic E-state index is 5.36. The van der Waals surface area contributed by atoms with Gasteiger partial charge in [-0.1, -0.05) is 12.2 Å². The van der Waals surface area contributed by atoms with E-state index >= 15 is 0 Å². The van der Waals surface area contributed by atoms with Crippen LogP contribution >= 0.6 is 12.2 Å². The van der Waals surface area contributed by atoms with Gasteiger partial charge in [0.05, 0.1) is 7.11 Å². The van der Waals surface area contributed by atoms with E-state index in [0.717, 1.165) is 34.6 Å². The third kappa shape index (κ3) is 1.93. The van der Waals surface area contributed by atoms with Gasteiger partial charge in [-0.05, 0) is 43.5 Å². The van der Waals surface area contributed by atoms with E-state index in [1.54, 1.807) is 7.11 Å². The largest absolute Gasteiger partial charge is 0.497 e. The summed E-state index contributed by atoms with van der Waals surface area (Å²) in [6, 6.07) is 7.85. The van der Waals surface area contributed by atoms with Crippen molar-refractivity contribution in [2.45, 2.75) is 19.3 Å². The molecule has 0 saturated carbocycles. The molecule has 0 atom stereocenters. The number of hydrogen-bond acceptors (Lipinski definition) is 3. The fourth-order valence-electron chi connectivity index (χ4n) is 2.34. The summed E-state index contributed by atoms with van der Waals surface area (Å²) in [7, 11) is 1.66. The normalized spacial score (nSPS) is 13.4. The monoisotopic (exact) mass is 258 g/mol. The Labute approximate surface area is 111 Å². The number of aryl methyl sites for hydroxylation is 1. The van der Waals surface area contributed by atoms with Crippen LogP contribution in [0.5, 0.6) is 5.75 Å². The highest BCUT2D eigenvalue weighted by Gasteiger charge is 2.15. The minimum atomic E-state index is 0.743. The maximum atomic E-state index is 5.36. The molecule has 0 fully saturated rings. The molecule has 1 aliphatic carbocycles. The zero-order valence-electron chi connectivity index (χ0n) is 10.2. The Morgan fingerprint density at radius 1 is 1.22 bits per heavy atom. The predicted molar refractivity (Wildman–Crippen MR) is 73.4 cm³/mol. The van der Waals surface area contributed by atoms with Crippen LogP contribution in [-0.4, -0.2) is 17.1 Å². The van der Waals surface area contributed by atoms with Crippen molar-refractivity contribution in [2.24, 2.45) is 0 Å². The number of aromatic nitrogens is 2. The van der Waals surface area contributed by atoms with Gasteiger partial charge in [0, 0.05) is 16.8 Å². The first-order chi connectivity index (χ1) is 8.78. The highest BCUT2D eigenvalue weighted by molar-refractivity contribution is 7.71. The summed E-state index contributed by atoms with van der Waals surface area (Å²) < 4.78 is 5.89. The molecular weight excluding hydrogens is 244 g/mol. The lowest BCUT2D eigenvalue weighted by atomic mass is 10.2. The average molecular weight is 258 g/mol. The number of H-pyrrole nitrogens is 1. The molecule has 1 aromatic heterocycles.